The van der Waals surface area contributed by atoms with E-state index in [1.165, 1.54) is 4.31 Å². The highest BCUT2D eigenvalue weighted by atomic mass is 32.2. The molecule has 0 spiro atoms. The average molecular weight is 455 g/mol. The zero-order valence-corrected chi connectivity index (χ0v) is 19.3. The Morgan fingerprint density at radius 3 is 2.25 bits per heavy atom. The van der Waals surface area contributed by atoms with Gasteiger partial charge >= 0.3 is 0 Å². The molecule has 0 fully saturated rings. The Morgan fingerprint density at radius 1 is 0.938 bits per heavy atom. The first kappa shape index (κ1) is 23.9. The standard InChI is InChI=1S/C25H30N2O4S/c1-19(2)16-17-27(24(25(28)26-29)15-12-20-8-4-3-5-9-20)32(30,31)23-14-13-21-10-6-7-11-22(21)18-23/h3-11,13-14,18-19,24,29H,12,15-17H2,1-2H3,(H,26,28). The van der Waals surface area contributed by atoms with Crippen molar-refractivity contribution in [2.75, 3.05) is 6.54 Å². The summed E-state index contributed by atoms with van der Waals surface area (Å²) in [5, 5.41) is 11.1. The van der Waals surface area contributed by atoms with Crippen LogP contribution in [0, 0.1) is 5.92 Å². The van der Waals surface area contributed by atoms with Crippen LogP contribution in [0.25, 0.3) is 10.8 Å². The highest BCUT2D eigenvalue weighted by Crippen LogP contribution is 2.26. The van der Waals surface area contributed by atoms with Gasteiger partial charge in [0.05, 0.1) is 4.90 Å². The highest BCUT2D eigenvalue weighted by Gasteiger charge is 2.35. The Bertz CT molecular complexity index is 1150. The third-order valence-corrected chi connectivity index (χ3v) is 7.47. The number of amides is 1. The van der Waals surface area contributed by atoms with Gasteiger partial charge in [0.2, 0.25) is 10.0 Å². The Labute approximate surface area is 189 Å². The van der Waals surface area contributed by atoms with E-state index in [-0.39, 0.29) is 23.8 Å². The second-order valence-electron chi connectivity index (χ2n) is 8.32. The fourth-order valence-electron chi connectivity index (χ4n) is 3.72. The Morgan fingerprint density at radius 2 is 1.59 bits per heavy atom. The number of benzene rings is 3. The molecule has 3 aromatic carbocycles. The van der Waals surface area contributed by atoms with Crippen LogP contribution in [0.5, 0.6) is 0 Å². The molecular weight excluding hydrogens is 424 g/mol. The van der Waals surface area contributed by atoms with E-state index in [1.807, 2.05) is 68.4 Å². The van der Waals surface area contributed by atoms with Crippen LogP contribution in [-0.4, -0.2) is 36.4 Å². The zero-order chi connectivity index (χ0) is 23.1. The summed E-state index contributed by atoms with van der Waals surface area (Å²) in [6.07, 6.45) is 1.35. The van der Waals surface area contributed by atoms with Crippen LogP contribution < -0.4 is 5.48 Å². The third-order valence-electron chi connectivity index (χ3n) is 5.56. The average Bonchev–Trinajstić information content (AvgIpc) is 2.80. The van der Waals surface area contributed by atoms with Gasteiger partial charge in [0, 0.05) is 6.54 Å². The number of nitrogens with zero attached hydrogens (tertiary/aromatic N) is 1. The molecular formula is C25H30N2O4S. The molecule has 0 radical (unpaired) electrons. The van der Waals surface area contributed by atoms with Crippen molar-refractivity contribution in [1.29, 1.82) is 0 Å². The van der Waals surface area contributed by atoms with E-state index in [0.29, 0.717) is 12.8 Å². The van der Waals surface area contributed by atoms with E-state index < -0.39 is 22.0 Å². The lowest BCUT2D eigenvalue weighted by Gasteiger charge is -2.30. The molecule has 0 heterocycles. The van der Waals surface area contributed by atoms with E-state index in [4.69, 9.17) is 0 Å². The van der Waals surface area contributed by atoms with Crippen molar-refractivity contribution in [3.8, 4) is 0 Å². The second kappa shape index (κ2) is 10.7. The molecule has 0 bridgehead atoms. The van der Waals surface area contributed by atoms with Crippen molar-refractivity contribution < 1.29 is 18.4 Å². The van der Waals surface area contributed by atoms with Gasteiger partial charge in [-0.2, -0.15) is 4.31 Å². The molecule has 6 nitrogen and oxygen atoms in total. The number of fused-ring (bicyclic) bond motifs is 1. The first-order valence-electron chi connectivity index (χ1n) is 10.8. The molecule has 0 saturated carbocycles. The van der Waals surface area contributed by atoms with E-state index in [0.717, 1.165) is 16.3 Å². The number of hydroxylamine groups is 1. The summed E-state index contributed by atoms with van der Waals surface area (Å²) >= 11 is 0. The predicted molar refractivity (Wildman–Crippen MR) is 126 cm³/mol. The van der Waals surface area contributed by atoms with Crippen LogP contribution in [0.2, 0.25) is 0 Å². The summed E-state index contributed by atoms with van der Waals surface area (Å²) in [6.45, 7) is 4.19. The van der Waals surface area contributed by atoms with Gasteiger partial charge in [-0.25, -0.2) is 13.9 Å². The molecule has 0 aliphatic heterocycles. The van der Waals surface area contributed by atoms with Crippen LogP contribution in [-0.2, 0) is 21.2 Å². The van der Waals surface area contributed by atoms with Gasteiger partial charge in [-0.1, -0.05) is 74.5 Å². The molecule has 0 aromatic heterocycles. The van der Waals surface area contributed by atoms with E-state index in [1.54, 1.807) is 23.7 Å². The molecule has 3 aromatic rings. The topological polar surface area (TPSA) is 86.7 Å². The van der Waals surface area contributed by atoms with Gasteiger partial charge < -0.3 is 0 Å². The van der Waals surface area contributed by atoms with Crippen molar-refractivity contribution in [3.05, 3.63) is 78.4 Å². The van der Waals surface area contributed by atoms with Crippen molar-refractivity contribution in [1.82, 2.24) is 9.79 Å². The largest absolute Gasteiger partial charge is 0.289 e. The maximum absolute atomic E-state index is 13.7. The highest BCUT2D eigenvalue weighted by molar-refractivity contribution is 7.89. The molecule has 7 heteroatoms. The number of hydrogen-bond donors (Lipinski definition) is 2. The van der Waals surface area contributed by atoms with Crippen molar-refractivity contribution >= 4 is 26.7 Å². The predicted octanol–water partition coefficient (Wildman–Crippen LogP) is 4.38. The molecule has 3 rings (SSSR count). The van der Waals surface area contributed by atoms with Crippen LogP contribution in [0.4, 0.5) is 0 Å². The molecule has 0 aliphatic rings. The molecule has 1 unspecified atom stereocenters. The van der Waals surface area contributed by atoms with Gasteiger partial charge in [0.25, 0.3) is 5.91 Å². The maximum atomic E-state index is 13.7. The smallest absolute Gasteiger partial charge is 0.261 e. The Kier molecular flexibility index (Phi) is 8.01. The van der Waals surface area contributed by atoms with Gasteiger partial charge in [-0.15, -0.1) is 0 Å². The Balaban J connectivity index is 1.99. The summed E-state index contributed by atoms with van der Waals surface area (Å²) in [6, 6.07) is 21.1. The molecule has 0 aliphatic carbocycles. The number of nitrogens with one attached hydrogen (secondary N) is 1. The number of hydrogen-bond acceptors (Lipinski definition) is 4. The lowest BCUT2D eigenvalue weighted by Crippen LogP contribution is -2.49. The fraction of sp³-hybridized carbons (Fsp3) is 0.320. The van der Waals surface area contributed by atoms with Crippen LogP contribution in [0.15, 0.2) is 77.7 Å². The van der Waals surface area contributed by atoms with Crippen LogP contribution in [0.1, 0.15) is 32.3 Å². The molecule has 170 valence electrons. The lowest BCUT2D eigenvalue weighted by atomic mass is 10.0. The number of rotatable bonds is 10. The summed E-state index contributed by atoms with van der Waals surface area (Å²) in [5.41, 5.74) is 2.67. The van der Waals surface area contributed by atoms with Crippen molar-refractivity contribution in [2.45, 2.75) is 44.0 Å². The lowest BCUT2D eigenvalue weighted by molar-refractivity contribution is -0.133. The number of aryl methyl sites for hydroxylation is 1. The summed E-state index contributed by atoms with van der Waals surface area (Å²) in [5.74, 6) is -0.481. The van der Waals surface area contributed by atoms with Crippen molar-refractivity contribution in [2.24, 2.45) is 5.92 Å². The number of sulfonamides is 1. The van der Waals surface area contributed by atoms with Crippen LogP contribution in [0.3, 0.4) is 0 Å². The summed E-state index contributed by atoms with van der Waals surface area (Å²) in [4.78, 5) is 12.8. The molecule has 1 amide bonds. The first-order chi connectivity index (χ1) is 15.3. The Hall–Kier alpha value is -2.74. The van der Waals surface area contributed by atoms with Gasteiger partial charge in [-0.3, -0.25) is 10.0 Å². The van der Waals surface area contributed by atoms with Gasteiger partial charge in [-0.05, 0) is 53.6 Å². The summed E-state index contributed by atoms with van der Waals surface area (Å²) < 4.78 is 28.7. The monoisotopic (exact) mass is 454 g/mol. The normalized spacial score (nSPS) is 12.9. The van der Waals surface area contributed by atoms with E-state index in [9.17, 15) is 18.4 Å². The zero-order valence-electron chi connectivity index (χ0n) is 18.4. The molecule has 2 N–H and O–H groups in total. The maximum Gasteiger partial charge on any atom is 0.261 e. The first-order valence-corrected chi connectivity index (χ1v) is 12.3. The third kappa shape index (κ3) is 5.73. The fourth-order valence-corrected chi connectivity index (χ4v) is 5.39. The molecule has 32 heavy (non-hydrogen) atoms. The quantitative estimate of drug-likeness (QED) is 0.352. The molecule has 1 atom stereocenters. The number of carbonyl (C=O) groups excluding carboxylic acids is 1. The minimum absolute atomic E-state index is 0.135. The van der Waals surface area contributed by atoms with Crippen LogP contribution >= 0.6 is 0 Å². The van der Waals surface area contributed by atoms with Gasteiger partial charge in [0.15, 0.2) is 0 Å². The summed E-state index contributed by atoms with van der Waals surface area (Å²) in [7, 11) is -3.99. The second-order valence-corrected chi connectivity index (χ2v) is 10.2. The van der Waals surface area contributed by atoms with E-state index >= 15 is 0 Å². The minimum atomic E-state index is -3.99. The van der Waals surface area contributed by atoms with Gasteiger partial charge in [0.1, 0.15) is 6.04 Å². The minimum Gasteiger partial charge on any atom is -0.289 e. The molecule has 0 saturated heterocycles. The number of carbonyl (C=O) groups is 1. The van der Waals surface area contributed by atoms with E-state index in [2.05, 4.69) is 0 Å². The van der Waals surface area contributed by atoms with Crippen molar-refractivity contribution in [3.63, 3.8) is 0 Å². The SMILES string of the molecule is CC(C)CCN(C(CCc1ccccc1)C(=O)NO)S(=O)(=O)c1ccc2ccccc2c1.